The van der Waals surface area contributed by atoms with Gasteiger partial charge in [-0.2, -0.15) is 0 Å². The van der Waals surface area contributed by atoms with Crippen molar-refractivity contribution in [3.63, 3.8) is 0 Å². The lowest BCUT2D eigenvalue weighted by Crippen LogP contribution is -2.41. The largest absolute Gasteiger partial charge is 0.354 e. The summed E-state index contributed by atoms with van der Waals surface area (Å²) >= 11 is 13.6. The van der Waals surface area contributed by atoms with Crippen molar-refractivity contribution in [1.82, 2.24) is 5.32 Å². The minimum atomic E-state index is -3.94. The highest BCUT2D eigenvalue weighted by Crippen LogP contribution is 2.28. The van der Waals surface area contributed by atoms with E-state index in [1.807, 2.05) is 24.3 Å². The second kappa shape index (κ2) is 11.8. The van der Waals surface area contributed by atoms with Gasteiger partial charge in [-0.1, -0.05) is 41.4 Å². The first kappa shape index (κ1) is 25.4. The molecular weight excluding hydrogens is 499 g/mol. The Labute approximate surface area is 209 Å². The molecule has 0 unspecified atom stereocenters. The maximum atomic E-state index is 13.4. The van der Waals surface area contributed by atoms with Crippen LogP contribution in [0, 0.1) is 6.92 Å². The van der Waals surface area contributed by atoms with Crippen LogP contribution in [0.4, 0.5) is 5.69 Å². The summed E-state index contributed by atoms with van der Waals surface area (Å²) in [5, 5.41) is 4.02. The smallest absolute Gasteiger partial charge is 0.264 e. The molecule has 0 aliphatic heterocycles. The van der Waals surface area contributed by atoms with Crippen molar-refractivity contribution in [2.75, 3.05) is 23.1 Å². The van der Waals surface area contributed by atoms with E-state index in [0.29, 0.717) is 27.8 Å². The Kier molecular flexibility index (Phi) is 9.09. The van der Waals surface area contributed by atoms with Gasteiger partial charge in [-0.25, -0.2) is 8.42 Å². The number of carbonyl (C=O) groups excluding carboxylic acids is 1. The fourth-order valence-electron chi connectivity index (χ4n) is 3.13. The van der Waals surface area contributed by atoms with Gasteiger partial charge in [-0.3, -0.25) is 9.10 Å². The van der Waals surface area contributed by atoms with Crippen LogP contribution in [0.15, 0.2) is 82.6 Å². The van der Waals surface area contributed by atoms with Crippen LogP contribution in [0.3, 0.4) is 0 Å². The molecule has 3 aromatic carbocycles. The van der Waals surface area contributed by atoms with E-state index in [4.69, 9.17) is 23.2 Å². The molecule has 0 saturated carbocycles. The van der Waals surface area contributed by atoms with Gasteiger partial charge in [0.05, 0.1) is 10.6 Å². The maximum absolute atomic E-state index is 13.4. The van der Waals surface area contributed by atoms with E-state index in [1.165, 1.54) is 12.1 Å². The highest BCUT2D eigenvalue weighted by molar-refractivity contribution is 7.99. The highest BCUT2D eigenvalue weighted by atomic mass is 35.5. The number of thioether (sulfide) groups is 1. The Bertz CT molecular complexity index is 1190. The lowest BCUT2D eigenvalue weighted by molar-refractivity contribution is -0.119. The molecule has 0 radical (unpaired) electrons. The highest BCUT2D eigenvalue weighted by Gasteiger charge is 2.28. The van der Waals surface area contributed by atoms with E-state index in [1.54, 1.807) is 55.1 Å². The van der Waals surface area contributed by atoms with Gasteiger partial charge in [0, 0.05) is 21.5 Å². The third kappa shape index (κ3) is 7.14. The molecule has 0 atom stereocenters. The second-order valence-corrected chi connectivity index (χ2v) is 11.2. The van der Waals surface area contributed by atoms with Crippen molar-refractivity contribution in [2.45, 2.75) is 23.1 Å². The molecule has 3 aromatic rings. The van der Waals surface area contributed by atoms with E-state index in [2.05, 4.69) is 5.32 Å². The maximum Gasteiger partial charge on any atom is 0.264 e. The Morgan fingerprint density at radius 1 is 0.970 bits per heavy atom. The predicted octanol–water partition coefficient (Wildman–Crippen LogP) is 5.80. The molecule has 5 nitrogen and oxygen atoms in total. The Balaban J connectivity index is 1.65. The lowest BCUT2D eigenvalue weighted by atomic mass is 10.2. The monoisotopic (exact) mass is 522 g/mol. The standard InChI is InChI=1S/C24H24Cl2N2O3S2/c1-18-16-20(26)10-13-23(18)28(33(30,31)22-6-3-2-4-7-22)17-24(29)27-14-5-15-32-21-11-8-19(25)9-12-21/h2-4,6-13,16H,5,14-15,17H2,1H3,(H,27,29). The summed E-state index contributed by atoms with van der Waals surface area (Å²) in [6.07, 6.45) is 0.741. The second-order valence-electron chi connectivity index (χ2n) is 7.26. The normalized spacial score (nSPS) is 11.2. The van der Waals surface area contributed by atoms with Gasteiger partial charge in [-0.15, -0.1) is 11.8 Å². The zero-order valence-corrected chi connectivity index (χ0v) is 21.1. The molecule has 0 saturated heterocycles. The number of amides is 1. The third-order valence-electron chi connectivity index (χ3n) is 4.77. The number of rotatable bonds is 10. The van der Waals surface area contributed by atoms with Gasteiger partial charge >= 0.3 is 0 Å². The number of benzene rings is 3. The van der Waals surface area contributed by atoms with Gasteiger partial charge < -0.3 is 5.32 Å². The van der Waals surface area contributed by atoms with Crippen molar-refractivity contribution in [3.8, 4) is 0 Å². The number of carbonyl (C=O) groups is 1. The summed E-state index contributed by atoms with van der Waals surface area (Å²) in [5.41, 5.74) is 1.07. The van der Waals surface area contributed by atoms with Gasteiger partial charge in [0.1, 0.15) is 6.54 Å². The molecule has 0 aromatic heterocycles. The number of nitrogens with zero attached hydrogens (tertiary/aromatic N) is 1. The molecule has 0 fully saturated rings. The van der Waals surface area contributed by atoms with Gasteiger partial charge in [0.25, 0.3) is 10.0 Å². The molecule has 3 rings (SSSR count). The van der Waals surface area contributed by atoms with Crippen molar-refractivity contribution in [3.05, 3.63) is 88.4 Å². The van der Waals surface area contributed by atoms with Crippen molar-refractivity contribution < 1.29 is 13.2 Å². The Morgan fingerprint density at radius 3 is 2.30 bits per heavy atom. The topological polar surface area (TPSA) is 66.5 Å². The molecular formula is C24H24Cl2N2O3S2. The van der Waals surface area contributed by atoms with Crippen LogP contribution in [-0.4, -0.2) is 33.2 Å². The van der Waals surface area contributed by atoms with Crippen molar-refractivity contribution in [1.29, 1.82) is 0 Å². The van der Waals surface area contributed by atoms with Gasteiger partial charge in [-0.05, 0) is 79.3 Å². The molecule has 1 amide bonds. The first-order valence-electron chi connectivity index (χ1n) is 10.3. The van der Waals surface area contributed by atoms with Crippen LogP contribution >= 0.6 is 35.0 Å². The van der Waals surface area contributed by atoms with E-state index < -0.39 is 10.0 Å². The first-order valence-corrected chi connectivity index (χ1v) is 13.4. The zero-order chi connectivity index (χ0) is 23.8. The quantitative estimate of drug-likeness (QED) is 0.270. The fourth-order valence-corrected chi connectivity index (χ4v) is 5.84. The van der Waals surface area contributed by atoms with Gasteiger partial charge in [0.2, 0.25) is 5.91 Å². The number of hydrogen-bond acceptors (Lipinski definition) is 4. The minimum Gasteiger partial charge on any atom is -0.354 e. The first-order chi connectivity index (χ1) is 15.8. The number of sulfonamides is 1. The SMILES string of the molecule is Cc1cc(Cl)ccc1N(CC(=O)NCCCSc1ccc(Cl)cc1)S(=O)(=O)c1ccccc1. The number of anilines is 1. The third-order valence-corrected chi connectivity index (χ3v) is 8.13. The van der Waals surface area contributed by atoms with E-state index in [-0.39, 0.29) is 17.3 Å². The summed E-state index contributed by atoms with van der Waals surface area (Å²) in [4.78, 5) is 13.9. The molecule has 174 valence electrons. The van der Waals surface area contributed by atoms with Crippen LogP contribution in [0.25, 0.3) is 0 Å². The summed E-state index contributed by atoms with van der Waals surface area (Å²) in [7, 11) is -3.94. The number of halogens is 2. The molecule has 0 spiro atoms. The molecule has 1 N–H and O–H groups in total. The molecule has 0 aliphatic carbocycles. The average Bonchev–Trinajstić information content (AvgIpc) is 2.79. The average molecular weight is 524 g/mol. The summed E-state index contributed by atoms with van der Waals surface area (Å²) < 4.78 is 27.9. The summed E-state index contributed by atoms with van der Waals surface area (Å²) in [5.74, 6) is 0.435. The Hall–Kier alpha value is -2.19. The number of hydrogen-bond donors (Lipinski definition) is 1. The van der Waals surface area contributed by atoms with Crippen molar-refractivity contribution >= 4 is 56.6 Å². The molecule has 33 heavy (non-hydrogen) atoms. The van der Waals surface area contributed by atoms with Crippen LogP contribution in [-0.2, 0) is 14.8 Å². The van der Waals surface area contributed by atoms with Crippen LogP contribution < -0.4 is 9.62 Å². The Morgan fingerprint density at radius 2 is 1.64 bits per heavy atom. The molecule has 0 aliphatic rings. The molecule has 9 heteroatoms. The van der Waals surface area contributed by atoms with E-state index in [9.17, 15) is 13.2 Å². The predicted molar refractivity (Wildman–Crippen MR) is 137 cm³/mol. The van der Waals surface area contributed by atoms with Crippen LogP contribution in [0.1, 0.15) is 12.0 Å². The van der Waals surface area contributed by atoms with E-state index >= 15 is 0 Å². The van der Waals surface area contributed by atoms with E-state index in [0.717, 1.165) is 21.4 Å². The van der Waals surface area contributed by atoms with Crippen LogP contribution in [0.5, 0.6) is 0 Å². The van der Waals surface area contributed by atoms with Gasteiger partial charge in [0.15, 0.2) is 0 Å². The lowest BCUT2D eigenvalue weighted by Gasteiger charge is -2.25. The van der Waals surface area contributed by atoms with Crippen LogP contribution in [0.2, 0.25) is 10.0 Å². The fraction of sp³-hybridized carbons (Fsp3) is 0.208. The zero-order valence-electron chi connectivity index (χ0n) is 18.0. The molecule has 0 heterocycles. The van der Waals surface area contributed by atoms with Crippen molar-refractivity contribution in [2.24, 2.45) is 0 Å². The number of nitrogens with one attached hydrogen (secondary N) is 1. The summed E-state index contributed by atoms with van der Waals surface area (Å²) in [6, 6.07) is 20.6. The summed E-state index contributed by atoms with van der Waals surface area (Å²) in [6.45, 7) is 1.88. The number of aryl methyl sites for hydroxylation is 1. The molecule has 0 bridgehead atoms. The minimum absolute atomic E-state index is 0.117.